The zero-order valence-corrected chi connectivity index (χ0v) is 12.6. The van der Waals surface area contributed by atoms with Gasteiger partial charge < -0.3 is 5.32 Å². The van der Waals surface area contributed by atoms with E-state index in [-0.39, 0.29) is 17.5 Å². The molecule has 2 aliphatic rings. The molecule has 3 rings (SSSR count). The number of nitrogens with zero attached hydrogens (tertiary/aromatic N) is 1. The zero-order chi connectivity index (χ0) is 15.7. The van der Waals surface area contributed by atoms with Crippen molar-refractivity contribution in [3.05, 3.63) is 46.0 Å². The summed E-state index contributed by atoms with van der Waals surface area (Å²) in [5, 5.41) is 13.7. The fraction of sp³-hybridized carbons (Fsp3) is 0.471. The third-order valence-corrected chi connectivity index (χ3v) is 4.74. The first-order valence-corrected chi connectivity index (χ1v) is 7.80. The number of rotatable bonds is 3. The van der Waals surface area contributed by atoms with Gasteiger partial charge in [-0.1, -0.05) is 24.6 Å². The van der Waals surface area contributed by atoms with Crippen LogP contribution in [0.1, 0.15) is 31.2 Å². The van der Waals surface area contributed by atoms with Crippen molar-refractivity contribution in [2.24, 2.45) is 17.8 Å². The smallest absolute Gasteiger partial charge is 0.271 e. The molecule has 0 saturated heterocycles. The number of nitrogens with one attached hydrogen (secondary N) is 1. The standard InChI is InChI=1S/C17H20N2O3/c1-11-8-9-12(19(21)22)10-15(11)18-17(20)16-13-6-4-2-3-5-7-14(13)16/h4,6,8-10,13-14,16H,2-3,5,7H2,1H3,(H,18,20)/t13-,14-,16-/m0/s1. The number of carbonyl (C=O) groups excluding carboxylic acids is 1. The van der Waals surface area contributed by atoms with Crippen LogP contribution in [0, 0.1) is 34.8 Å². The second-order valence-corrected chi connectivity index (χ2v) is 6.23. The molecule has 2 aliphatic carbocycles. The fourth-order valence-electron chi connectivity index (χ4n) is 3.37. The monoisotopic (exact) mass is 300 g/mol. The van der Waals surface area contributed by atoms with E-state index in [1.54, 1.807) is 6.07 Å². The Morgan fingerprint density at radius 3 is 2.95 bits per heavy atom. The fourth-order valence-corrected chi connectivity index (χ4v) is 3.37. The summed E-state index contributed by atoms with van der Waals surface area (Å²) < 4.78 is 0. The maximum atomic E-state index is 12.5. The molecular weight excluding hydrogens is 280 g/mol. The van der Waals surface area contributed by atoms with Crippen LogP contribution in [0.4, 0.5) is 11.4 Å². The highest BCUT2D eigenvalue weighted by Crippen LogP contribution is 2.51. The van der Waals surface area contributed by atoms with Crippen LogP contribution in [-0.2, 0) is 4.79 Å². The van der Waals surface area contributed by atoms with Crippen LogP contribution in [0.5, 0.6) is 0 Å². The Morgan fingerprint density at radius 2 is 2.18 bits per heavy atom. The molecule has 1 fully saturated rings. The van der Waals surface area contributed by atoms with Crippen LogP contribution in [0.25, 0.3) is 0 Å². The van der Waals surface area contributed by atoms with E-state index in [0.717, 1.165) is 18.4 Å². The highest BCUT2D eigenvalue weighted by atomic mass is 16.6. The summed E-state index contributed by atoms with van der Waals surface area (Å²) in [5.41, 5.74) is 1.39. The summed E-state index contributed by atoms with van der Waals surface area (Å²) in [5.74, 6) is 0.799. The lowest BCUT2D eigenvalue weighted by Crippen LogP contribution is -2.16. The van der Waals surface area contributed by atoms with Crippen molar-refractivity contribution >= 4 is 17.3 Å². The Balaban J connectivity index is 1.72. The van der Waals surface area contributed by atoms with Crippen molar-refractivity contribution in [3.8, 4) is 0 Å². The molecule has 0 spiro atoms. The lowest BCUT2D eigenvalue weighted by molar-refractivity contribution is -0.384. The topological polar surface area (TPSA) is 72.2 Å². The molecule has 3 atom stereocenters. The van der Waals surface area contributed by atoms with Gasteiger partial charge in [0.1, 0.15) is 0 Å². The second-order valence-electron chi connectivity index (χ2n) is 6.23. The number of nitro benzene ring substituents is 1. The van der Waals surface area contributed by atoms with E-state index in [2.05, 4.69) is 17.5 Å². The second kappa shape index (κ2) is 5.91. The van der Waals surface area contributed by atoms with Crippen molar-refractivity contribution in [1.29, 1.82) is 0 Å². The van der Waals surface area contributed by atoms with E-state index in [9.17, 15) is 14.9 Å². The molecule has 1 aromatic carbocycles. The number of hydrogen-bond donors (Lipinski definition) is 1. The molecule has 0 heterocycles. The van der Waals surface area contributed by atoms with Gasteiger partial charge in [0.2, 0.25) is 5.91 Å². The number of allylic oxidation sites excluding steroid dienone is 2. The van der Waals surface area contributed by atoms with E-state index in [1.807, 2.05) is 6.92 Å². The number of nitro groups is 1. The largest absolute Gasteiger partial charge is 0.325 e. The lowest BCUT2D eigenvalue weighted by Gasteiger charge is -2.08. The van der Waals surface area contributed by atoms with Gasteiger partial charge in [0, 0.05) is 18.1 Å². The van der Waals surface area contributed by atoms with E-state index in [4.69, 9.17) is 0 Å². The van der Waals surface area contributed by atoms with Gasteiger partial charge in [-0.15, -0.1) is 0 Å². The average molecular weight is 300 g/mol. The van der Waals surface area contributed by atoms with Crippen LogP contribution in [0.15, 0.2) is 30.4 Å². The predicted molar refractivity (Wildman–Crippen MR) is 84.5 cm³/mol. The van der Waals surface area contributed by atoms with E-state index < -0.39 is 4.92 Å². The van der Waals surface area contributed by atoms with Crippen molar-refractivity contribution in [1.82, 2.24) is 0 Å². The first-order chi connectivity index (χ1) is 10.6. The van der Waals surface area contributed by atoms with E-state index >= 15 is 0 Å². The molecule has 1 aromatic rings. The van der Waals surface area contributed by atoms with Crippen LogP contribution in [-0.4, -0.2) is 10.8 Å². The molecule has 0 bridgehead atoms. The summed E-state index contributed by atoms with van der Waals surface area (Å²) in [6.45, 7) is 1.84. The quantitative estimate of drug-likeness (QED) is 0.524. The first-order valence-electron chi connectivity index (χ1n) is 7.80. The van der Waals surface area contributed by atoms with Gasteiger partial charge in [0.15, 0.2) is 0 Å². The van der Waals surface area contributed by atoms with Crippen molar-refractivity contribution < 1.29 is 9.72 Å². The number of benzene rings is 1. The first kappa shape index (κ1) is 14.8. The summed E-state index contributed by atoms with van der Waals surface area (Å²) in [6.07, 6.45) is 8.92. The molecule has 5 nitrogen and oxygen atoms in total. The molecule has 0 aromatic heterocycles. The summed E-state index contributed by atoms with van der Waals surface area (Å²) in [6, 6.07) is 4.57. The number of anilines is 1. The molecule has 0 radical (unpaired) electrons. The normalized spacial score (nSPS) is 26.5. The lowest BCUT2D eigenvalue weighted by atomic mass is 10.1. The van der Waals surface area contributed by atoms with Gasteiger partial charge >= 0.3 is 0 Å². The van der Waals surface area contributed by atoms with Crippen molar-refractivity contribution in [2.45, 2.75) is 32.6 Å². The SMILES string of the molecule is Cc1ccc([N+](=O)[O-])cc1NC(=O)[C@H]1[C@H]2C=CCCCC[C@@H]21. The summed E-state index contributed by atoms with van der Waals surface area (Å²) in [7, 11) is 0. The van der Waals surface area contributed by atoms with Gasteiger partial charge in [-0.2, -0.15) is 0 Å². The molecule has 1 N–H and O–H groups in total. The van der Waals surface area contributed by atoms with Gasteiger partial charge in [-0.05, 0) is 43.6 Å². The molecule has 1 saturated carbocycles. The molecule has 5 heteroatoms. The van der Waals surface area contributed by atoms with Gasteiger partial charge in [0.05, 0.1) is 10.6 Å². The predicted octanol–water partition coefficient (Wildman–Crippen LogP) is 3.83. The number of hydrogen-bond acceptors (Lipinski definition) is 3. The molecule has 116 valence electrons. The number of aryl methyl sites for hydroxylation is 1. The number of fused-ring (bicyclic) bond motifs is 1. The molecular formula is C17H20N2O3. The number of non-ortho nitro benzene ring substituents is 1. The third-order valence-electron chi connectivity index (χ3n) is 4.74. The third kappa shape index (κ3) is 2.89. The average Bonchev–Trinajstić information content (AvgIpc) is 3.12. The van der Waals surface area contributed by atoms with Crippen LogP contribution < -0.4 is 5.32 Å². The van der Waals surface area contributed by atoms with Gasteiger partial charge in [-0.3, -0.25) is 14.9 Å². The van der Waals surface area contributed by atoms with Crippen molar-refractivity contribution in [2.75, 3.05) is 5.32 Å². The van der Waals surface area contributed by atoms with Crippen LogP contribution in [0.3, 0.4) is 0 Å². The molecule has 0 aliphatic heterocycles. The maximum absolute atomic E-state index is 12.5. The Morgan fingerprint density at radius 1 is 1.36 bits per heavy atom. The number of carbonyl (C=O) groups is 1. The Labute approximate surface area is 129 Å². The Hall–Kier alpha value is -2.17. The minimum absolute atomic E-state index is 0.00242. The van der Waals surface area contributed by atoms with Crippen molar-refractivity contribution in [3.63, 3.8) is 0 Å². The van der Waals surface area contributed by atoms with Gasteiger partial charge in [-0.25, -0.2) is 0 Å². The van der Waals surface area contributed by atoms with Crippen LogP contribution in [0.2, 0.25) is 0 Å². The maximum Gasteiger partial charge on any atom is 0.271 e. The highest BCUT2D eigenvalue weighted by Gasteiger charge is 2.52. The molecule has 22 heavy (non-hydrogen) atoms. The minimum Gasteiger partial charge on any atom is -0.325 e. The van der Waals surface area contributed by atoms with E-state index in [0.29, 0.717) is 17.5 Å². The Bertz CT molecular complexity index is 639. The highest BCUT2D eigenvalue weighted by molar-refractivity contribution is 5.96. The summed E-state index contributed by atoms with van der Waals surface area (Å²) >= 11 is 0. The zero-order valence-electron chi connectivity index (χ0n) is 12.6. The van der Waals surface area contributed by atoms with Gasteiger partial charge in [0.25, 0.3) is 5.69 Å². The minimum atomic E-state index is -0.441. The van der Waals surface area contributed by atoms with Crippen LogP contribution >= 0.6 is 0 Å². The number of amides is 1. The summed E-state index contributed by atoms with van der Waals surface area (Å²) in [4.78, 5) is 22.9. The van der Waals surface area contributed by atoms with E-state index in [1.165, 1.54) is 25.0 Å². The molecule has 0 unspecified atom stereocenters. The Kier molecular flexibility index (Phi) is 3.96. The molecule has 1 amide bonds.